The van der Waals surface area contributed by atoms with Crippen LogP contribution in [-0.2, 0) is 51.2 Å². The van der Waals surface area contributed by atoms with Gasteiger partial charge in [0.05, 0.1) is 60.4 Å². The van der Waals surface area contributed by atoms with E-state index in [0.29, 0.717) is 11.1 Å². The molecule has 3 aliphatic rings. The maximum absolute atomic E-state index is 14.0. The third kappa shape index (κ3) is 18.3. The summed E-state index contributed by atoms with van der Waals surface area (Å²) in [6, 6.07) is 4.87. The van der Waals surface area contributed by atoms with E-state index in [1.54, 1.807) is 47.6 Å². The molecule has 0 radical (unpaired) electrons. The Bertz CT molecular complexity index is 2470. The standard InChI is InChI=1S/C50H72N8O21/c1-48(2,3)78-44(64)52-23-35(60)42(63)53-34-21-33(55-46(66)74-25-28-11-15-30(16-12-28)58(71)72)36(37(61)40(34)77-43-38(62)41(50(7,68)26-75-43)56(8)47(67)79-49(4,5)6)39-32(18-17-31(76-39)22-51-19-20-59)54-45(65)73-24-27-9-13-29(14-10-27)57(69)70/h9-17,32-41,43,51,59-62,68H,18-26H2,1-8H3,(H,52,64)(H,53,63)(H,54,65)(H,55,66)/t32-,33+,34-,35-,36-,37+,38-,39?,40+,41-,43-,50+/m1/s1. The zero-order chi connectivity index (χ0) is 58.6. The molecule has 12 atom stereocenters. The number of carbonyl (C=O) groups is 5. The van der Waals surface area contributed by atoms with Crippen LogP contribution >= 0.6 is 0 Å². The number of hydrogen-bond donors (Lipinski definition) is 10. The molecule has 10 N–H and O–H groups in total. The van der Waals surface area contributed by atoms with Crippen molar-refractivity contribution in [1.29, 1.82) is 0 Å². The highest BCUT2D eigenvalue weighted by atomic mass is 16.7. The predicted molar refractivity (Wildman–Crippen MR) is 273 cm³/mol. The third-order valence-electron chi connectivity index (χ3n) is 12.6. The fraction of sp³-hybridized carbons (Fsp3) is 0.620. The van der Waals surface area contributed by atoms with Crippen LogP contribution in [0.5, 0.6) is 0 Å². The first kappa shape index (κ1) is 62.8. The van der Waals surface area contributed by atoms with Crippen molar-refractivity contribution < 1.29 is 92.5 Å². The Morgan fingerprint density at radius 1 is 0.810 bits per heavy atom. The molecule has 1 saturated carbocycles. The second-order valence-electron chi connectivity index (χ2n) is 21.4. The molecule has 2 aliphatic heterocycles. The molecule has 1 unspecified atom stereocenters. The molecule has 1 aliphatic carbocycles. The van der Waals surface area contributed by atoms with Gasteiger partial charge in [-0.25, -0.2) is 19.2 Å². The van der Waals surface area contributed by atoms with Crippen LogP contribution < -0.4 is 26.6 Å². The van der Waals surface area contributed by atoms with Gasteiger partial charge in [0.2, 0.25) is 0 Å². The maximum atomic E-state index is 14.0. The fourth-order valence-electron chi connectivity index (χ4n) is 9.04. The average molecular weight is 1120 g/mol. The minimum Gasteiger partial charge on any atom is -0.491 e. The number of ether oxygens (including phenoxy) is 7. The summed E-state index contributed by atoms with van der Waals surface area (Å²) < 4.78 is 40.6. The molecule has 79 heavy (non-hydrogen) atoms. The number of benzene rings is 2. The van der Waals surface area contributed by atoms with Gasteiger partial charge in [0.25, 0.3) is 17.3 Å². The molecule has 2 fully saturated rings. The van der Waals surface area contributed by atoms with Gasteiger partial charge in [0.1, 0.15) is 60.2 Å². The van der Waals surface area contributed by atoms with Crippen molar-refractivity contribution in [1.82, 2.24) is 31.5 Å². The zero-order valence-electron chi connectivity index (χ0n) is 45.0. The molecule has 29 heteroatoms. The highest BCUT2D eigenvalue weighted by Crippen LogP contribution is 2.39. The fourth-order valence-corrected chi connectivity index (χ4v) is 9.04. The summed E-state index contributed by atoms with van der Waals surface area (Å²) in [7, 11) is 1.27. The largest absolute Gasteiger partial charge is 0.491 e. The molecule has 1 saturated heterocycles. The molecule has 2 heterocycles. The van der Waals surface area contributed by atoms with Gasteiger partial charge in [0.15, 0.2) is 6.29 Å². The number of nitrogens with one attached hydrogen (secondary N) is 5. The van der Waals surface area contributed by atoms with Crippen LogP contribution in [0.15, 0.2) is 60.4 Å². The van der Waals surface area contributed by atoms with Gasteiger partial charge >= 0.3 is 24.4 Å². The normalized spacial score (nSPS) is 26.4. The van der Waals surface area contributed by atoms with E-state index >= 15 is 0 Å². The molecular formula is C50H72N8O21. The molecule has 0 aromatic heterocycles. The van der Waals surface area contributed by atoms with Gasteiger partial charge in [-0.05, 0) is 103 Å². The van der Waals surface area contributed by atoms with Gasteiger partial charge in [0, 0.05) is 49.8 Å². The van der Waals surface area contributed by atoms with Crippen LogP contribution in [0.4, 0.5) is 30.6 Å². The van der Waals surface area contributed by atoms with Gasteiger partial charge in [-0.15, -0.1) is 0 Å². The summed E-state index contributed by atoms with van der Waals surface area (Å²) in [6.45, 7) is 8.75. The first-order valence-corrected chi connectivity index (χ1v) is 25.2. The lowest BCUT2D eigenvalue weighted by Crippen LogP contribution is -2.71. The Balaban J connectivity index is 1.56. The van der Waals surface area contributed by atoms with Crippen LogP contribution in [0.1, 0.15) is 72.4 Å². The van der Waals surface area contributed by atoms with Crippen LogP contribution in [0.3, 0.4) is 0 Å². The molecule has 0 bridgehead atoms. The van der Waals surface area contributed by atoms with Gasteiger partial charge in [-0.3, -0.25) is 25.0 Å². The number of nitro benzene ring substituents is 2. The number of aliphatic hydroxyl groups is 5. The lowest BCUT2D eigenvalue weighted by Gasteiger charge is -2.52. The molecule has 2 aromatic rings. The first-order valence-electron chi connectivity index (χ1n) is 25.2. The quantitative estimate of drug-likeness (QED) is 0.0388. The number of non-ortho nitro benzene ring substituents is 2. The second kappa shape index (κ2) is 27.3. The maximum Gasteiger partial charge on any atom is 0.410 e. The molecule has 5 amide bonds. The minimum absolute atomic E-state index is 0.00891. The zero-order valence-corrected chi connectivity index (χ0v) is 45.0. The number of alkyl carbamates (subject to hydrolysis) is 3. The Morgan fingerprint density at radius 2 is 1.35 bits per heavy atom. The van der Waals surface area contributed by atoms with Gasteiger partial charge in [-0.2, -0.15) is 0 Å². The molecule has 29 nitrogen and oxygen atoms in total. The summed E-state index contributed by atoms with van der Waals surface area (Å²) in [6.07, 6.45) is -13.7. The number of rotatable bonds is 20. The van der Waals surface area contributed by atoms with Crippen molar-refractivity contribution in [2.45, 2.75) is 152 Å². The summed E-state index contributed by atoms with van der Waals surface area (Å²) in [5.74, 6) is -2.33. The van der Waals surface area contributed by atoms with E-state index in [1.807, 2.05) is 0 Å². The monoisotopic (exact) mass is 1120 g/mol. The van der Waals surface area contributed by atoms with Crippen molar-refractivity contribution in [3.63, 3.8) is 0 Å². The van der Waals surface area contributed by atoms with E-state index in [9.17, 15) is 69.7 Å². The number of hydrogen-bond acceptors (Lipinski definition) is 22. The van der Waals surface area contributed by atoms with Gasteiger partial charge in [-0.1, -0.05) is 0 Å². The van der Waals surface area contributed by atoms with E-state index in [4.69, 9.17) is 33.2 Å². The lowest BCUT2D eigenvalue weighted by atomic mass is 9.72. The summed E-state index contributed by atoms with van der Waals surface area (Å²) in [4.78, 5) is 89.7. The van der Waals surface area contributed by atoms with Crippen molar-refractivity contribution in [2.24, 2.45) is 5.92 Å². The molecule has 0 spiro atoms. The second-order valence-corrected chi connectivity index (χ2v) is 21.4. The van der Waals surface area contributed by atoms with Crippen LogP contribution in [-0.4, -0.2) is 188 Å². The lowest BCUT2D eigenvalue weighted by molar-refractivity contribution is -0.385. The van der Waals surface area contributed by atoms with Gasteiger partial charge < -0.3 is 90.2 Å². The van der Waals surface area contributed by atoms with E-state index < -0.39 is 150 Å². The Labute approximate surface area is 454 Å². The SMILES string of the molecule is CN(C(=O)OC(C)(C)C)[C@@H]1[C@@H](O)[C@@H](O[C@@H]2[C@@H](O)[C@H](C3OC(CNCCO)=CC[C@H]3NC(=O)OCc3ccc([N+](=O)[O-])cc3)[C@@H](NC(=O)OCc3ccc([N+](=O)[O-])cc3)C[C@H]2NC(=O)[C@H](O)CNC(=O)OC(C)(C)C)OC[C@]1(C)O. The number of amides is 5. The molecule has 5 rings (SSSR count). The van der Waals surface area contributed by atoms with E-state index in [0.717, 1.165) is 4.90 Å². The third-order valence-corrected chi connectivity index (χ3v) is 12.6. The van der Waals surface area contributed by atoms with E-state index in [2.05, 4.69) is 26.6 Å². The number of carbonyl (C=O) groups excluding carboxylic acids is 5. The van der Waals surface area contributed by atoms with E-state index in [-0.39, 0.29) is 49.9 Å². The summed E-state index contributed by atoms with van der Waals surface area (Å²) in [5, 5.41) is 93.0. The van der Waals surface area contributed by atoms with Crippen molar-refractivity contribution in [3.8, 4) is 0 Å². The Morgan fingerprint density at radius 3 is 1.87 bits per heavy atom. The smallest absolute Gasteiger partial charge is 0.410 e. The highest BCUT2D eigenvalue weighted by Gasteiger charge is 2.56. The summed E-state index contributed by atoms with van der Waals surface area (Å²) >= 11 is 0. The van der Waals surface area contributed by atoms with Crippen molar-refractivity contribution in [3.05, 3.63) is 91.7 Å². The minimum atomic E-state index is -1.98. The number of likely N-dealkylation sites (N-methyl/N-ethyl adjacent to an activating group) is 1. The Hall–Kier alpha value is -6.99. The highest BCUT2D eigenvalue weighted by molar-refractivity contribution is 5.82. The van der Waals surface area contributed by atoms with Crippen LogP contribution in [0, 0.1) is 26.1 Å². The van der Waals surface area contributed by atoms with Crippen molar-refractivity contribution in [2.75, 3.05) is 39.9 Å². The number of nitrogens with zero attached hydrogens (tertiary/aromatic N) is 3. The topological polar surface area (TPSA) is 401 Å². The van der Waals surface area contributed by atoms with Crippen molar-refractivity contribution >= 4 is 41.7 Å². The van der Waals surface area contributed by atoms with Crippen LogP contribution in [0.25, 0.3) is 0 Å². The van der Waals surface area contributed by atoms with Crippen LogP contribution in [0.2, 0.25) is 0 Å². The summed E-state index contributed by atoms with van der Waals surface area (Å²) in [5.41, 5.74) is -3.60. The number of nitro groups is 2. The average Bonchev–Trinajstić information content (AvgIpc) is 3.44. The molecule has 438 valence electrons. The van der Waals surface area contributed by atoms with E-state index in [1.165, 1.54) is 62.5 Å². The molecular weight excluding hydrogens is 1050 g/mol. The Kier molecular flexibility index (Phi) is 21.7. The first-order chi connectivity index (χ1) is 37.0. The predicted octanol–water partition coefficient (Wildman–Crippen LogP) is 1.49. The molecule has 2 aromatic carbocycles. The number of aliphatic hydroxyl groups excluding tert-OH is 4.